The number of halogens is 1. The molecule has 1 aromatic carbocycles. The Morgan fingerprint density at radius 3 is 3.00 bits per heavy atom. The summed E-state index contributed by atoms with van der Waals surface area (Å²) in [6.07, 6.45) is 0. The fourth-order valence-electron chi connectivity index (χ4n) is 1.77. The van der Waals surface area contributed by atoms with Crippen LogP contribution in [0.25, 0.3) is 0 Å². The van der Waals surface area contributed by atoms with Crippen molar-refractivity contribution in [1.29, 1.82) is 0 Å². The molecule has 98 valence electrons. The molecule has 19 heavy (non-hydrogen) atoms. The molecule has 1 aromatic heterocycles. The number of amides is 1. The third-order valence-electron chi connectivity index (χ3n) is 2.64. The van der Waals surface area contributed by atoms with Crippen molar-refractivity contribution < 1.29 is 14.3 Å². The smallest absolute Gasteiger partial charge is 0.257 e. The zero-order chi connectivity index (χ0) is 13.4. The van der Waals surface area contributed by atoms with E-state index in [0.717, 1.165) is 5.69 Å². The molecule has 0 unspecified atom stereocenters. The molecule has 0 saturated heterocycles. The van der Waals surface area contributed by atoms with Gasteiger partial charge in [-0.2, -0.15) is 5.10 Å². The maximum Gasteiger partial charge on any atom is 0.257 e. The summed E-state index contributed by atoms with van der Waals surface area (Å²) >= 11 is 6.02. The summed E-state index contributed by atoms with van der Waals surface area (Å²) in [5, 5.41) is 9.68. The molecule has 0 radical (unpaired) electrons. The van der Waals surface area contributed by atoms with Gasteiger partial charge in [0, 0.05) is 17.3 Å². The molecule has 1 aliphatic rings. The third kappa shape index (κ3) is 2.22. The minimum atomic E-state index is -0.313. The largest absolute Gasteiger partial charge is 0.454 e. The number of nitrogens with zero attached hydrogens (tertiary/aromatic N) is 1. The zero-order valence-electron chi connectivity index (χ0n) is 9.99. The van der Waals surface area contributed by atoms with Crippen molar-refractivity contribution in [2.24, 2.45) is 0 Å². The van der Waals surface area contributed by atoms with Crippen LogP contribution in [0.5, 0.6) is 11.5 Å². The van der Waals surface area contributed by atoms with Gasteiger partial charge >= 0.3 is 0 Å². The van der Waals surface area contributed by atoms with Crippen LogP contribution in [0.2, 0.25) is 5.02 Å². The van der Waals surface area contributed by atoms with Gasteiger partial charge in [0.15, 0.2) is 17.3 Å². The number of aromatic amines is 1. The number of carbonyl (C=O) groups excluding carboxylic acids is 1. The lowest BCUT2D eigenvalue weighted by atomic mass is 10.2. The lowest BCUT2D eigenvalue weighted by Gasteiger charge is -2.04. The summed E-state index contributed by atoms with van der Waals surface area (Å²) in [7, 11) is 0. The number of ether oxygens (including phenoxy) is 2. The summed E-state index contributed by atoms with van der Waals surface area (Å²) in [6, 6.07) is 4.85. The van der Waals surface area contributed by atoms with Crippen molar-refractivity contribution in [3.05, 3.63) is 34.5 Å². The standard InChI is InChI=1S/C12H10ClN3O3/c1-6-2-10(16-15-6)14-12(17)7-3-8(13)11-9(4-7)18-5-19-11/h2-4H,5H2,1H3,(H2,14,15,16,17). The fraction of sp³-hybridized carbons (Fsp3) is 0.167. The molecular weight excluding hydrogens is 270 g/mol. The maximum atomic E-state index is 12.1. The Morgan fingerprint density at radius 2 is 2.26 bits per heavy atom. The Morgan fingerprint density at radius 1 is 1.42 bits per heavy atom. The van der Waals surface area contributed by atoms with E-state index in [-0.39, 0.29) is 12.7 Å². The minimum absolute atomic E-state index is 0.110. The summed E-state index contributed by atoms with van der Waals surface area (Å²) < 4.78 is 10.4. The van der Waals surface area contributed by atoms with Gasteiger partial charge in [0.1, 0.15) is 0 Å². The summed E-state index contributed by atoms with van der Waals surface area (Å²) in [5.74, 6) is 1.08. The molecule has 0 bridgehead atoms. The number of hydrogen-bond acceptors (Lipinski definition) is 4. The van der Waals surface area contributed by atoms with Crippen LogP contribution in [0.1, 0.15) is 16.1 Å². The Balaban J connectivity index is 1.86. The first-order valence-electron chi connectivity index (χ1n) is 5.56. The number of anilines is 1. The van der Waals surface area contributed by atoms with E-state index in [1.165, 1.54) is 6.07 Å². The van der Waals surface area contributed by atoms with E-state index in [4.69, 9.17) is 21.1 Å². The zero-order valence-corrected chi connectivity index (χ0v) is 10.7. The van der Waals surface area contributed by atoms with Crippen molar-refractivity contribution in [2.45, 2.75) is 6.92 Å². The van der Waals surface area contributed by atoms with Crippen LogP contribution in [-0.4, -0.2) is 22.9 Å². The number of benzene rings is 1. The van der Waals surface area contributed by atoms with Crippen LogP contribution in [0.3, 0.4) is 0 Å². The molecule has 3 rings (SSSR count). The van der Waals surface area contributed by atoms with Gasteiger partial charge in [0.2, 0.25) is 6.79 Å². The van der Waals surface area contributed by atoms with E-state index in [2.05, 4.69) is 15.5 Å². The van der Waals surface area contributed by atoms with E-state index in [1.54, 1.807) is 12.1 Å². The molecule has 0 atom stereocenters. The molecule has 0 aliphatic carbocycles. The van der Waals surface area contributed by atoms with Gasteiger partial charge in [-0.25, -0.2) is 0 Å². The quantitative estimate of drug-likeness (QED) is 0.885. The second kappa shape index (κ2) is 4.47. The van der Waals surface area contributed by atoms with E-state index in [9.17, 15) is 4.79 Å². The molecule has 0 saturated carbocycles. The highest BCUT2D eigenvalue weighted by atomic mass is 35.5. The highest BCUT2D eigenvalue weighted by molar-refractivity contribution is 6.32. The Kier molecular flexibility index (Phi) is 2.79. The molecule has 6 nitrogen and oxygen atoms in total. The number of aryl methyl sites for hydroxylation is 1. The van der Waals surface area contributed by atoms with Gasteiger partial charge in [-0.05, 0) is 19.1 Å². The minimum Gasteiger partial charge on any atom is -0.454 e. The SMILES string of the molecule is Cc1cc(NC(=O)c2cc(Cl)c3c(c2)OCO3)n[nH]1. The van der Waals surface area contributed by atoms with Crippen LogP contribution in [-0.2, 0) is 0 Å². The summed E-state index contributed by atoms with van der Waals surface area (Å²) in [6.45, 7) is 1.96. The third-order valence-corrected chi connectivity index (χ3v) is 2.92. The van der Waals surface area contributed by atoms with Crippen LogP contribution in [0.4, 0.5) is 5.82 Å². The number of rotatable bonds is 2. The van der Waals surface area contributed by atoms with Crippen molar-refractivity contribution >= 4 is 23.3 Å². The summed E-state index contributed by atoms with van der Waals surface area (Å²) in [5.41, 5.74) is 1.24. The predicted octanol–water partition coefficient (Wildman–Crippen LogP) is 2.35. The number of nitrogens with one attached hydrogen (secondary N) is 2. The fourth-order valence-corrected chi connectivity index (χ4v) is 2.03. The number of carbonyl (C=O) groups is 1. The first kappa shape index (κ1) is 11.9. The first-order valence-corrected chi connectivity index (χ1v) is 5.94. The summed E-state index contributed by atoms with van der Waals surface area (Å²) in [4.78, 5) is 12.1. The first-order chi connectivity index (χ1) is 9.13. The van der Waals surface area contributed by atoms with Crippen molar-refractivity contribution in [3.8, 4) is 11.5 Å². The molecule has 1 amide bonds. The van der Waals surface area contributed by atoms with E-state index < -0.39 is 0 Å². The van der Waals surface area contributed by atoms with Crippen molar-refractivity contribution in [1.82, 2.24) is 10.2 Å². The highest BCUT2D eigenvalue weighted by Crippen LogP contribution is 2.39. The molecule has 1 aliphatic heterocycles. The molecule has 2 heterocycles. The average Bonchev–Trinajstić information content (AvgIpc) is 2.98. The van der Waals surface area contributed by atoms with Crippen LogP contribution >= 0.6 is 11.6 Å². The van der Waals surface area contributed by atoms with Crippen molar-refractivity contribution in [2.75, 3.05) is 12.1 Å². The molecule has 2 N–H and O–H groups in total. The van der Waals surface area contributed by atoms with E-state index >= 15 is 0 Å². The van der Waals surface area contributed by atoms with Crippen LogP contribution < -0.4 is 14.8 Å². The highest BCUT2D eigenvalue weighted by Gasteiger charge is 2.20. The Hall–Kier alpha value is -2.21. The molecule has 7 heteroatoms. The second-order valence-corrected chi connectivity index (χ2v) is 4.49. The topological polar surface area (TPSA) is 76.2 Å². The van der Waals surface area contributed by atoms with Gasteiger partial charge in [0.25, 0.3) is 5.91 Å². The molecule has 0 fully saturated rings. The lowest BCUT2D eigenvalue weighted by Crippen LogP contribution is -2.12. The molecule has 2 aromatic rings. The predicted molar refractivity (Wildman–Crippen MR) is 68.9 cm³/mol. The van der Waals surface area contributed by atoms with Crippen LogP contribution in [0.15, 0.2) is 18.2 Å². The van der Waals surface area contributed by atoms with Crippen LogP contribution in [0, 0.1) is 6.92 Å². The number of hydrogen-bond donors (Lipinski definition) is 2. The lowest BCUT2D eigenvalue weighted by molar-refractivity contribution is 0.102. The second-order valence-electron chi connectivity index (χ2n) is 4.08. The number of fused-ring (bicyclic) bond motifs is 1. The maximum absolute atomic E-state index is 12.1. The van der Waals surface area contributed by atoms with Gasteiger partial charge in [-0.15, -0.1) is 0 Å². The average molecular weight is 280 g/mol. The van der Waals surface area contributed by atoms with Crippen molar-refractivity contribution in [3.63, 3.8) is 0 Å². The monoisotopic (exact) mass is 279 g/mol. The van der Waals surface area contributed by atoms with Gasteiger partial charge < -0.3 is 14.8 Å². The normalized spacial score (nSPS) is 12.5. The van der Waals surface area contributed by atoms with Gasteiger partial charge in [0.05, 0.1) is 5.02 Å². The van der Waals surface area contributed by atoms with E-state index in [1.807, 2.05) is 6.92 Å². The number of aromatic nitrogens is 2. The molecular formula is C12H10ClN3O3. The van der Waals surface area contributed by atoms with Gasteiger partial charge in [-0.1, -0.05) is 11.6 Å². The van der Waals surface area contributed by atoms with E-state index in [0.29, 0.717) is 27.9 Å². The Bertz CT molecular complexity index is 654. The van der Waals surface area contributed by atoms with Gasteiger partial charge in [-0.3, -0.25) is 9.89 Å². The molecule has 0 spiro atoms. The number of H-pyrrole nitrogens is 1. The Labute approximate surface area is 113 Å².